The lowest BCUT2D eigenvalue weighted by molar-refractivity contribution is -0.154. The van der Waals surface area contributed by atoms with Crippen molar-refractivity contribution in [2.45, 2.75) is 12.4 Å². The first-order valence-corrected chi connectivity index (χ1v) is 6.80. The van der Waals surface area contributed by atoms with Crippen LogP contribution < -0.4 is 4.74 Å². The Bertz CT molecular complexity index is 949. The lowest BCUT2D eigenvalue weighted by Gasteiger charge is -2.10. The van der Waals surface area contributed by atoms with E-state index >= 15 is 0 Å². The molecule has 0 radical (unpaired) electrons. The summed E-state index contributed by atoms with van der Waals surface area (Å²) in [7, 11) is 0. The second-order valence-corrected chi connectivity index (χ2v) is 5.07. The highest BCUT2D eigenvalue weighted by Crippen LogP contribution is 2.32. The van der Waals surface area contributed by atoms with E-state index in [1.54, 1.807) is 0 Å². The van der Waals surface area contributed by atoms with Crippen LogP contribution in [0.25, 0.3) is 16.8 Å². The quantitative estimate of drug-likeness (QED) is 0.647. The third-order valence-corrected chi connectivity index (χ3v) is 3.17. The molecule has 138 valence electrons. The maximum Gasteiger partial charge on any atom is 0.435 e. The second-order valence-electron chi connectivity index (χ2n) is 5.07. The van der Waals surface area contributed by atoms with Crippen LogP contribution in [0.15, 0.2) is 31.0 Å². The van der Waals surface area contributed by atoms with Gasteiger partial charge >= 0.3 is 12.4 Å². The molecule has 0 aliphatic carbocycles. The van der Waals surface area contributed by atoms with Gasteiger partial charge < -0.3 is 4.74 Å². The molecule has 0 N–H and O–H groups in total. The summed E-state index contributed by atoms with van der Waals surface area (Å²) in [4.78, 5) is 10.5. The van der Waals surface area contributed by atoms with Gasteiger partial charge in [-0.2, -0.15) is 26.3 Å². The molecule has 3 aromatic rings. The van der Waals surface area contributed by atoms with Crippen LogP contribution in [0.4, 0.5) is 30.7 Å². The normalized spacial score (nSPS) is 12.6. The van der Waals surface area contributed by atoms with Crippen molar-refractivity contribution in [3.63, 3.8) is 0 Å². The Morgan fingerprint density at radius 2 is 1.65 bits per heavy atom. The number of nitrogens with zero attached hydrogens (tertiary/aromatic N) is 4. The Kier molecular flexibility index (Phi) is 4.20. The first-order chi connectivity index (χ1) is 12.0. The zero-order chi connectivity index (χ0) is 19.1. The van der Waals surface area contributed by atoms with Gasteiger partial charge in [-0.1, -0.05) is 0 Å². The topological polar surface area (TPSA) is 52.3 Å². The fraction of sp³-hybridized carbons (Fsp3) is 0.214. The molecule has 0 unspecified atom stereocenters. The van der Waals surface area contributed by atoms with Crippen LogP contribution >= 0.6 is 0 Å². The van der Waals surface area contributed by atoms with Crippen LogP contribution in [0.2, 0.25) is 0 Å². The summed E-state index contributed by atoms with van der Waals surface area (Å²) in [5.41, 5.74) is -1.59. The third kappa shape index (κ3) is 3.68. The monoisotopic (exact) mass is 380 g/mol. The molecule has 5 nitrogen and oxygen atoms in total. The van der Waals surface area contributed by atoms with E-state index < -0.39 is 36.4 Å². The highest BCUT2D eigenvalue weighted by molar-refractivity contribution is 5.66. The number of aromatic nitrogens is 4. The molecule has 0 amide bonds. The Hall–Kier alpha value is -2.92. The van der Waals surface area contributed by atoms with E-state index in [1.807, 2.05) is 0 Å². The predicted molar refractivity (Wildman–Crippen MR) is 72.7 cm³/mol. The van der Waals surface area contributed by atoms with Gasteiger partial charge in [-0.25, -0.2) is 19.3 Å². The van der Waals surface area contributed by atoms with Gasteiger partial charge in [0.2, 0.25) is 0 Å². The first-order valence-electron chi connectivity index (χ1n) is 6.80. The molecule has 0 aliphatic heterocycles. The van der Waals surface area contributed by atoms with E-state index in [0.29, 0.717) is 0 Å². The van der Waals surface area contributed by atoms with Crippen LogP contribution in [0, 0.1) is 5.82 Å². The number of alkyl halides is 6. The van der Waals surface area contributed by atoms with Gasteiger partial charge in [0.15, 0.2) is 18.1 Å². The van der Waals surface area contributed by atoms with E-state index in [2.05, 4.69) is 19.7 Å². The van der Waals surface area contributed by atoms with Crippen molar-refractivity contribution in [3.8, 4) is 17.1 Å². The van der Waals surface area contributed by atoms with E-state index in [-0.39, 0.29) is 16.8 Å². The molecule has 3 heterocycles. The van der Waals surface area contributed by atoms with Crippen LogP contribution in [0.3, 0.4) is 0 Å². The standard InChI is InChI=1S/C14H7F7N4O/c15-8-1-7(3-22-12(8)26-4-13(16,17)18)9-2-10-11(14(19,20)21)24-6-25(10)5-23-9/h1-3,5-6H,4H2. The van der Waals surface area contributed by atoms with Gasteiger partial charge in [0.05, 0.1) is 11.2 Å². The first kappa shape index (κ1) is 17.9. The van der Waals surface area contributed by atoms with E-state index in [4.69, 9.17) is 0 Å². The summed E-state index contributed by atoms with van der Waals surface area (Å²) in [5, 5.41) is 0. The maximum absolute atomic E-state index is 13.9. The summed E-state index contributed by atoms with van der Waals surface area (Å²) in [6.45, 7) is -1.73. The zero-order valence-electron chi connectivity index (χ0n) is 12.4. The van der Waals surface area contributed by atoms with Crippen molar-refractivity contribution in [1.82, 2.24) is 19.4 Å². The van der Waals surface area contributed by atoms with E-state index in [0.717, 1.165) is 35.4 Å². The van der Waals surface area contributed by atoms with Crippen molar-refractivity contribution in [1.29, 1.82) is 0 Å². The number of rotatable bonds is 3. The fourth-order valence-electron chi connectivity index (χ4n) is 2.09. The lowest BCUT2D eigenvalue weighted by Crippen LogP contribution is -2.20. The van der Waals surface area contributed by atoms with Crippen molar-refractivity contribution < 1.29 is 35.5 Å². The number of hydrogen-bond acceptors (Lipinski definition) is 4. The molecule has 26 heavy (non-hydrogen) atoms. The molecule has 0 atom stereocenters. The van der Waals surface area contributed by atoms with Gasteiger partial charge in [-0.3, -0.25) is 4.40 Å². The van der Waals surface area contributed by atoms with Crippen molar-refractivity contribution in [3.05, 3.63) is 42.5 Å². The number of pyridine rings is 1. The van der Waals surface area contributed by atoms with Crippen molar-refractivity contribution >= 4 is 5.52 Å². The van der Waals surface area contributed by atoms with E-state index in [9.17, 15) is 30.7 Å². The zero-order valence-corrected chi connectivity index (χ0v) is 12.4. The van der Waals surface area contributed by atoms with Crippen LogP contribution in [0.5, 0.6) is 5.88 Å². The van der Waals surface area contributed by atoms with E-state index in [1.165, 1.54) is 0 Å². The molecule has 3 aromatic heterocycles. The van der Waals surface area contributed by atoms with Gasteiger partial charge in [0, 0.05) is 11.8 Å². The molecule has 0 aliphatic rings. The van der Waals surface area contributed by atoms with Crippen molar-refractivity contribution in [2.75, 3.05) is 6.61 Å². The number of halogens is 7. The largest absolute Gasteiger partial charge is 0.466 e. The van der Waals surface area contributed by atoms with Crippen LogP contribution in [0.1, 0.15) is 5.69 Å². The second kappa shape index (κ2) is 6.11. The minimum atomic E-state index is -4.70. The fourth-order valence-corrected chi connectivity index (χ4v) is 2.09. The number of ether oxygens (including phenoxy) is 1. The summed E-state index contributed by atoms with van der Waals surface area (Å²) in [6, 6.07) is 1.78. The lowest BCUT2D eigenvalue weighted by atomic mass is 10.2. The highest BCUT2D eigenvalue weighted by Gasteiger charge is 2.35. The number of fused-ring (bicyclic) bond motifs is 1. The summed E-state index contributed by atoms with van der Waals surface area (Å²) >= 11 is 0. The van der Waals surface area contributed by atoms with Gasteiger partial charge in [0.25, 0.3) is 5.88 Å². The SMILES string of the molecule is Fc1cc(-c2cc3c(C(F)(F)F)ncn3cn2)cnc1OCC(F)(F)F. The summed E-state index contributed by atoms with van der Waals surface area (Å²) in [5.74, 6) is -2.09. The Morgan fingerprint density at radius 3 is 2.27 bits per heavy atom. The van der Waals surface area contributed by atoms with Crippen LogP contribution in [-0.4, -0.2) is 32.1 Å². The smallest absolute Gasteiger partial charge is 0.435 e. The Balaban J connectivity index is 1.95. The Morgan fingerprint density at radius 1 is 0.962 bits per heavy atom. The maximum atomic E-state index is 13.9. The molecule has 0 aromatic carbocycles. The molecule has 3 rings (SSSR count). The molecule has 0 fully saturated rings. The molecule has 0 spiro atoms. The van der Waals surface area contributed by atoms with Gasteiger partial charge in [-0.15, -0.1) is 0 Å². The van der Waals surface area contributed by atoms with Gasteiger partial charge in [0.1, 0.15) is 12.7 Å². The molecule has 0 saturated heterocycles. The van der Waals surface area contributed by atoms with Crippen LogP contribution in [-0.2, 0) is 6.18 Å². The predicted octanol–water partition coefficient (Wildman–Crippen LogP) is 3.89. The van der Waals surface area contributed by atoms with Gasteiger partial charge in [-0.05, 0) is 12.1 Å². The average Bonchev–Trinajstić information content (AvgIpc) is 2.96. The molecule has 0 bridgehead atoms. The highest BCUT2D eigenvalue weighted by atomic mass is 19.4. The average molecular weight is 380 g/mol. The minimum Gasteiger partial charge on any atom is -0.466 e. The molecule has 12 heteroatoms. The summed E-state index contributed by atoms with van der Waals surface area (Å²) < 4.78 is 94.1. The minimum absolute atomic E-state index is 0.0429. The number of imidazole rings is 1. The Labute approximate surface area is 140 Å². The summed E-state index contributed by atoms with van der Waals surface area (Å²) in [6.07, 6.45) is -6.47. The number of hydrogen-bond donors (Lipinski definition) is 0. The van der Waals surface area contributed by atoms with Crippen molar-refractivity contribution in [2.24, 2.45) is 0 Å². The molecule has 0 saturated carbocycles. The third-order valence-electron chi connectivity index (χ3n) is 3.17. The molecular formula is C14H7F7N4O. The molecular weight excluding hydrogens is 373 g/mol.